The van der Waals surface area contributed by atoms with E-state index in [0.717, 1.165) is 23.4 Å². The Morgan fingerprint density at radius 1 is 1.07 bits per heavy atom. The number of carbonyl (C=O) groups is 1. The van der Waals surface area contributed by atoms with Gasteiger partial charge in [0.25, 0.3) is 0 Å². The molecule has 2 aromatic carbocycles. The van der Waals surface area contributed by atoms with Crippen LogP contribution in [0.5, 0.6) is 0 Å². The third kappa shape index (κ3) is 7.58. The highest BCUT2D eigenvalue weighted by Crippen LogP contribution is 2.15. The number of amides is 1. The van der Waals surface area contributed by atoms with Crippen molar-refractivity contribution in [1.82, 2.24) is 0 Å². The summed E-state index contributed by atoms with van der Waals surface area (Å²) in [4.78, 5) is 16.4. The third-order valence-corrected chi connectivity index (χ3v) is 4.18. The summed E-state index contributed by atoms with van der Waals surface area (Å²) in [5.41, 5.74) is 11.0. The number of hydrogen-bond acceptors (Lipinski definition) is 2. The van der Waals surface area contributed by atoms with Crippen LogP contribution in [0.4, 0.5) is 11.4 Å². The van der Waals surface area contributed by atoms with Crippen LogP contribution < -0.4 is 16.4 Å². The maximum absolute atomic E-state index is 12.0. The Morgan fingerprint density at radius 3 is 2.37 bits per heavy atom. The van der Waals surface area contributed by atoms with Crippen LogP contribution in [-0.2, 0) is 11.3 Å². The highest BCUT2D eigenvalue weighted by Gasteiger charge is 2.10. The van der Waals surface area contributed by atoms with Gasteiger partial charge in [0.15, 0.2) is 5.96 Å². The summed E-state index contributed by atoms with van der Waals surface area (Å²) in [5.74, 6) is 0.391. The second-order valence-electron chi connectivity index (χ2n) is 6.70. The Morgan fingerprint density at radius 2 is 1.74 bits per heavy atom. The van der Waals surface area contributed by atoms with Gasteiger partial charge in [0.05, 0.1) is 6.54 Å². The van der Waals surface area contributed by atoms with Crippen molar-refractivity contribution in [2.75, 3.05) is 10.6 Å². The van der Waals surface area contributed by atoms with E-state index in [0.29, 0.717) is 12.5 Å². The molecule has 0 radical (unpaired) electrons. The van der Waals surface area contributed by atoms with E-state index in [4.69, 9.17) is 5.73 Å². The number of aryl methyl sites for hydroxylation is 2. The first kappa shape index (κ1) is 23.0. The normalized spacial score (nSPS) is 12.1. The molecule has 0 aliphatic rings. The summed E-state index contributed by atoms with van der Waals surface area (Å²) < 4.78 is 0. The number of anilines is 2. The van der Waals surface area contributed by atoms with Crippen LogP contribution in [0, 0.1) is 19.8 Å². The Balaban J connectivity index is 0.00000364. The first-order valence-electron chi connectivity index (χ1n) is 8.92. The Bertz CT molecular complexity index is 784. The number of nitrogens with zero attached hydrogens (tertiary/aromatic N) is 1. The molecule has 0 saturated carbocycles. The monoisotopic (exact) mass is 480 g/mol. The first-order chi connectivity index (χ1) is 12.4. The van der Waals surface area contributed by atoms with E-state index in [2.05, 4.69) is 21.7 Å². The fourth-order valence-electron chi connectivity index (χ4n) is 2.61. The molecule has 146 valence electrons. The molecule has 27 heavy (non-hydrogen) atoms. The zero-order valence-corrected chi connectivity index (χ0v) is 18.7. The van der Waals surface area contributed by atoms with Crippen molar-refractivity contribution in [1.29, 1.82) is 0 Å². The second kappa shape index (κ2) is 10.9. The maximum atomic E-state index is 12.0. The van der Waals surface area contributed by atoms with Gasteiger partial charge in [-0.25, -0.2) is 4.99 Å². The number of carbonyl (C=O) groups excluding carboxylic acids is 1. The van der Waals surface area contributed by atoms with Crippen LogP contribution in [0.3, 0.4) is 0 Å². The van der Waals surface area contributed by atoms with E-state index in [1.54, 1.807) is 0 Å². The number of nitrogens with two attached hydrogens (primary N) is 1. The first-order valence-corrected chi connectivity index (χ1v) is 8.92. The molecule has 1 atom stereocenters. The van der Waals surface area contributed by atoms with Crippen LogP contribution in [0.2, 0.25) is 0 Å². The maximum Gasteiger partial charge on any atom is 0.227 e. The molecule has 0 aliphatic carbocycles. The van der Waals surface area contributed by atoms with E-state index >= 15 is 0 Å². The molecular formula is C21H29IN4O. The van der Waals surface area contributed by atoms with Crippen LogP contribution in [-0.4, -0.2) is 11.9 Å². The zero-order valence-electron chi connectivity index (χ0n) is 16.4. The van der Waals surface area contributed by atoms with Crippen molar-refractivity contribution in [3.8, 4) is 0 Å². The fraction of sp³-hybridized carbons (Fsp3) is 0.333. The Hall–Kier alpha value is -2.09. The molecule has 0 fully saturated rings. The van der Waals surface area contributed by atoms with Gasteiger partial charge in [0.1, 0.15) is 0 Å². The molecule has 4 N–H and O–H groups in total. The minimum atomic E-state index is -0.00527. The third-order valence-electron chi connectivity index (χ3n) is 4.18. The molecule has 5 nitrogen and oxygen atoms in total. The molecule has 0 aliphatic heterocycles. The van der Waals surface area contributed by atoms with Gasteiger partial charge in [-0.05, 0) is 61.2 Å². The molecule has 0 spiro atoms. The quantitative estimate of drug-likeness (QED) is 0.315. The number of rotatable bonds is 6. The number of benzene rings is 2. The van der Waals surface area contributed by atoms with Crippen LogP contribution in [0.1, 0.15) is 37.0 Å². The van der Waals surface area contributed by atoms with Gasteiger partial charge in [0.2, 0.25) is 5.91 Å². The number of hydrogen-bond donors (Lipinski definition) is 3. The zero-order chi connectivity index (χ0) is 19.1. The van der Waals surface area contributed by atoms with Crippen molar-refractivity contribution in [3.63, 3.8) is 0 Å². The van der Waals surface area contributed by atoms with Gasteiger partial charge in [-0.1, -0.05) is 32.0 Å². The van der Waals surface area contributed by atoms with Crippen molar-refractivity contribution in [2.45, 2.75) is 40.7 Å². The molecule has 0 saturated heterocycles. The highest BCUT2D eigenvalue weighted by molar-refractivity contribution is 14.0. The second-order valence-corrected chi connectivity index (χ2v) is 6.70. The molecular weight excluding hydrogens is 451 g/mol. The van der Waals surface area contributed by atoms with E-state index in [1.165, 1.54) is 11.1 Å². The summed E-state index contributed by atoms with van der Waals surface area (Å²) in [6.45, 7) is 8.45. The lowest BCUT2D eigenvalue weighted by molar-refractivity contribution is -0.119. The number of nitrogens with one attached hydrogen (secondary N) is 2. The lowest BCUT2D eigenvalue weighted by Crippen LogP contribution is -2.22. The molecule has 2 aromatic rings. The van der Waals surface area contributed by atoms with E-state index in [-0.39, 0.29) is 35.8 Å². The van der Waals surface area contributed by atoms with E-state index in [9.17, 15) is 4.79 Å². The molecule has 0 heterocycles. The predicted molar refractivity (Wildman–Crippen MR) is 125 cm³/mol. The Kier molecular flexibility index (Phi) is 9.28. The topological polar surface area (TPSA) is 79.5 Å². The molecule has 1 amide bonds. The van der Waals surface area contributed by atoms with Crippen molar-refractivity contribution in [3.05, 3.63) is 59.2 Å². The van der Waals surface area contributed by atoms with Gasteiger partial charge in [-0.3, -0.25) is 4.79 Å². The van der Waals surface area contributed by atoms with E-state index < -0.39 is 0 Å². The van der Waals surface area contributed by atoms with Crippen LogP contribution in [0.25, 0.3) is 0 Å². The number of guanidine groups is 1. The lowest BCUT2D eigenvalue weighted by Gasteiger charge is -2.11. The van der Waals surface area contributed by atoms with Gasteiger partial charge in [-0.2, -0.15) is 0 Å². The summed E-state index contributed by atoms with van der Waals surface area (Å²) in [6, 6.07) is 13.8. The van der Waals surface area contributed by atoms with Crippen LogP contribution in [0.15, 0.2) is 47.5 Å². The van der Waals surface area contributed by atoms with Gasteiger partial charge >= 0.3 is 0 Å². The SMILES string of the molecule is CCC(C)C(=O)Nc1cccc(CN=C(N)Nc2cc(C)cc(C)c2)c1.I. The smallest absolute Gasteiger partial charge is 0.227 e. The number of aliphatic imine (C=N–C) groups is 1. The highest BCUT2D eigenvalue weighted by atomic mass is 127. The van der Waals surface area contributed by atoms with Crippen LogP contribution >= 0.6 is 24.0 Å². The Labute approximate surface area is 178 Å². The van der Waals surface area contributed by atoms with Gasteiger partial charge in [0, 0.05) is 17.3 Å². The summed E-state index contributed by atoms with van der Waals surface area (Å²) in [5, 5.41) is 6.06. The standard InChI is InChI=1S/C21H28N4O.HI/c1-5-16(4)20(26)24-18-8-6-7-17(12-18)13-23-21(22)25-19-10-14(2)9-15(3)11-19;/h6-12,16H,5,13H2,1-4H3,(H,24,26)(H3,22,23,25);1H. The lowest BCUT2D eigenvalue weighted by atomic mass is 10.1. The minimum absolute atomic E-state index is 0. The average molecular weight is 480 g/mol. The van der Waals surface area contributed by atoms with E-state index in [1.807, 2.05) is 64.1 Å². The molecule has 6 heteroatoms. The van der Waals surface area contributed by atoms with Crippen molar-refractivity contribution in [2.24, 2.45) is 16.6 Å². The molecule has 1 unspecified atom stereocenters. The minimum Gasteiger partial charge on any atom is -0.370 e. The molecule has 2 rings (SSSR count). The summed E-state index contributed by atoms with van der Waals surface area (Å²) >= 11 is 0. The molecule has 0 bridgehead atoms. The average Bonchev–Trinajstić information content (AvgIpc) is 2.58. The molecule has 0 aromatic heterocycles. The largest absolute Gasteiger partial charge is 0.370 e. The van der Waals surface area contributed by atoms with Gasteiger partial charge in [-0.15, -0.1) is 24.0 Å². The predicted octanol–water partition coefficient (Wildman–Crippen LogP) is 4.83. The summed E-state index contributed by atoms with van der Waals surface area (Å²) in [7, 11) is 0. The van der Waals surface area contributed by atoms with Gasteiger partial charge < -0.3 is 16.4 Å². The fourth-order valence-corrected chi connectivity index (χ4v) is 2.61. The number of halogens is 1. The van der Waals surface area contributed by atoms with Crippen molar-refractivity contribution >= 4 is 47.2 Å². The summed E-state index contributed by atoms with van der Waals surface area (Å²) in [6.07, 6.45) is 0.816. The van der Waals surface area contributed by atoms with Crippen molar-refractivity contribution < 1.29 is 4.79 Å².